The number of benzene rings is 1. The number of phenolic OH excluding ortho intramolecular Hbond substituents is 1. The van der Waals surface area contributed by atoms with Gasteiger partial charge in [-0.05, 0) is 31.9 Å². The molecule has 6 heteroatoms. The number of rotatable bonds is 4. The standard InChI is InChI=1S/C18H20FNO3S/c1-2-23-18(22)15-12-7-3-4-9-14(12)24-17(15)20-10-11-6-5-8-13(19)16(11)21/h5-6,8,10,12,14,21H,2-4,7,9H2,1H3/b20-10+/t12-,14+/m1/s1. The number of ether oxygens (including phenoxy) is 1. The second kappa shape index (κ2) is 7.38. The molecule has 0 unspecified atom stereocenters. The molecule has 128 valence electrons. The van der Waals surface area contributed by atoms with Crippen molar-refractivity contribution in [2.45, 2.75) is 37.9 Å². The summed E-state index contributed by atoms with van der Waals surface area (Å²) in [5.41, 5.74) is 0.930. The normalized spacial score (nSPS) is 23.6. The summed E-state index contributed by atoms with van der Waals surface area (Å²) in [5, 5.41) is 10.7. The molecule has 0 spiro atoms. The van der Waals surface area contributed by atoms with Crippen LogP contribution in [0.5, 0.6) is 5.75 Å². The van der Waals surface area contributed by atoms with Crippen LogP contribution in [0.4, 0.5) is 4.39 Å². The molecule has 0 bridgehead atoms. The van der Waals surface area contributed by atoms with E-state index in [1.807, 2.05) is 0 Å². The Morgan fingerprint density at radius 1 is 1.46 bits per heavy atom. The molecule has 24 heavy (non-hydrogen) atoms. The second-order valence-electron chi connectivity index (χ2n) is 5.92. The fourth-order valence-electron chi connectivity index (χ4n) is 3.25. The van der Waals surface area contributed by atoms with Gasteiger partial charge >= 0.3 is 5.97 Å². The van der Waals surface area contributed by atoms with E-state index >= 15 is 0 Å². The molecule has 1 aliphatic carbocycles. The Labute approximate surface area is 144 Å². The predicted molar refractivity (Wildman–Crippen MR) is 92.7 cm³/mol. The minimum atomic E-state index is -0.689. The van der Waals surface area contributed by atoms with Crippen LogP contribution >= 0.6 is 11.8 Å². The number of hydrogen-bond acceptors (Lipinski definition) is 5. The maximum atomic E-state index is 13.4. The number of halogens is 1. The zero-order chi connectivity index (χ0) is 17.1. The number of carbonyl (C=O) groups excluding carboxylic acids is 1. The van der Waals surface area contributed by atoms with Crippen molar-refractivity contribution < 1.29 is 19.0 Å². The average Bonchev–Trinajstić information content (AvgIpc) is 2.95. The van der Waals surface area contributed by atoms with Crippen LogP contribution < -0.4 is 0 Å². The second-order valence-corrected chi connectivity index (χ2v) is 7.15. The number of nitrogens with zero attached hydrogens (tertiary/aromatic N) is 1. The van der Waals surface area contributed by atoms with Crippen LogP contribution in [-0.2, 0) is 9.53 Å². The van der Waals surface area contributed by atoms with Crippen molar-refractivity contribution in [3.8, 4) is 5.75 Å². The van der Waals surface area contributed by atoms with Crippen molar-refractivity contribution in [1.82, 2.24) is 0 Å². The lowest BCUT2D eigenvalue weighted by Crippen LogP contribution is -2.24. The zero-order valence-electron chi connectivity index (χ0n) is 13.5. The first-order chi connectivity index (χ1) is 11.6. The topological polar surface area (TPSA) is 58.9 Å². The summed E-state index contributed by atoms with van der Waals surface area (Å²) < 4.78 is 18.6. The summed E-state index contributed by atoms with van der Waals surface area (Å²) >= 11 is 1.59. The maximum Gasteiger partial charge on any atom is 0.337 e. The number of thioether (sulfide) groups is 1. The zero-order valence-corrected chi connectivity index (χ0v) is 14.3. The van der Waals surface area contributed by atoms with Crippen LogP contribution in [0.25, 0.3) is 0 Å². The van der Waals surface area contributed by atoms with Crippen molar-refractivity contribution in [3.63, 3.8) is 0 Å². The van der Waals surface area contributed by atoms with Crippen LogP contribution in [0.1, 0.15) is 38.2 Å². The van der Waals surface area contributed by atoms with E-state index in [1.54, 1.807) is 24.8 Å². The van der Waals surface area contributed by atoms with Crippen LogP contribution in [0, 0.1) is 11.7 Å². The molecule has 0 aromatic heterocycles. The third-order valence-corrected chi connectivity index (χ3v) is 5.82. The highest BCUT2D eigenvalue weighted by molar-refractivity contribution is 8.04. The smallest absolute Gasteiger partial charge is 0.337 e. The fourth-order valence-corrected chi connectivity index (χ4v) is 4.73. The summed E-state index contributed by atoms with van der Waals surface area (Å²) in [7, 11) is 0. The number of para-hydroxylation sites is 1. The molecule has 0 radical (unpaired) electrons. The van der Waals surface area contributed by atoms with Crippen molar-refractivity contribution >= 4 is 23.9 Å². The summed E-state index contributed by atoms with van der Waals surface area (Å²) in [4.78, 5) is 16.8. The van der Waals surface area contributed by atoms with Gasteiger partial charge in [-0.2, -0.15) is 0 Å². The van der Waals surface area contributed by atoms with Gasteiger partial charge < -0.3 is 9.84 Å². The Morgan fingerprint density at radius 2 is 2.25 bits per heavy atom. The van der Waals surface area contributed by atoms with Crippen LogP contribution in [0.2, 0.25) is 0 Å². The highest BCUT2D eigenvalue weighted by atomic mass is 32.2. The molecule has 1 fully saturated rings. The molecule has 0 saturated heterocycles. The van der Waals surface area contributed by atoms with E-state index in [9.17, 15) is 14.3 Å². The lowest BCUT2D eigenvalue weighted by atomic mass is 9.84. The van der Waals surface area contributed by atoms with Crippen LogP contribution in [-0.4, -0.2) is 29.1 Å². The number of hydrogen-bond donors (Lipinski definition) is 1. The van der Waals surface area contributed by atoms with E-state index in [0.717, 1.165) is 25.7 Å². The molecule has 1 saturated carbocycles. The molecular formula is C18H20FNO3S. The van der Waals surface area contributed by atoms with Crippen molar-refractivity contribution in [2.24, 2.45) is 10.9 Å². The SMILES string of the molecule is CCOC(=O)C1=C(/N=C/c2cccc(F)c2O)S[C@H]2CCCC[C@@H]12. The molecule has 0 amide bonds. The van der Waals surface area contributed by atoms with Crippen LogP contribution in [0.3, 0.4) is 0 Å². The van der Waals surface area contributed by atoms with Crippen LogP contribution in [0.15, 0.2) is 33.8 Å². The first kappa shape index (κ1) is 17.0. The number of esters is 1. The van der Waals surface area contributed by atoms with E-state index in [2.05, 4.69) is 4.99 Å². The minimum Gasteiger partial charge on any atom is -0.504 e. The van der Waals surface area contributed by atoms with E-state index in [0.29, 0.717) is 28.0 Å². The number of fused-ring (bicyclic) bond motifs is 1. The van der Waals surface area contributed by atoms with Gasteiger partial charge in [0, 0.05) is 22.9 Å². The van der Waals surface area contributed by atoms with Gasteiger partial charge in [0.25, 0.3) is 0 Å². The molecule has 1 aromatic rings. The predicted octanol–water partition coefficient (Wildman–Crippen LogP) is 4.03. The van der Waals surface area contributed by atoms with Crippen molar-refractivity contribution in [1.29, 1.82) is 0 Å². The summed E-state index contributed by atoms with van der Waals surface area (Å²) in [6.07, 6.45) is 5.70. The summed E-state index contributed by atoms with van der Waals surface area (Å²) in [6, 6.07) is 4.28. The maximum absolute atomic E-state index is 13.4. The van der Waals surface area contributed by atoms with Gasteiger partial charge in [0.05, 0.1) is 12.2 Å². The van der Waals surface area contributed by atoms with Gasteiger partial charge in [-0.3, -0.25) is 0 Å². The molecule has 2 aliphatic rings. The Balaban J connectivity index is 1.92. The average molecular weight is 349 g/mol. The molecule has 4 nitrogen and oxygen atoms in total. The molecule has 1 N–H and O–H groups in total. The number of aliphatic imine (C=N–C) groups is 1. The fraction of sp³-hybridized carbons (Fsp3) is 0.444. The van der Waals surface area contributed by atoms with Gasteiger partial charge in [0.2, 0.25) is 0 Å². The van der Waals surface area contributed by atoms with Gasteiger partial charge in [0.15, 0.2) is 11.6 Å². The van der Waals surface area contributed by atoms with Gasteiger partial charge in [-0.25, -0.2) is 14.2 Å². The van der Waals surface area contributed by atoms with Crippen molar-refractivity contribution in [2.75, 3.05) is 6.61 Å². The number of phenols is 1. The van der Waals surface area contributed by atoms with Gasteiger partial charge in [-0.15, -0.1) is 11.8 Å². The Bertz CT molecular complexity index is 702. The van der Waals surface area contributed by atoms with E-state index in [4.69, 9.17) is 4.74 Å². The third-order valence-electron chi connectivity index (χ3n) is 4.40. The van der Waals surface area contributed by atoms with E-state index in [1.165, 1.54) is 18.3 Å². The van der Waals surface area contributed by atoms with Gasteiger partial charge in [-0.1, -0.05) is 18.9 Å². The lowest BCUT2D eigenvalue weighted by Gasteiger charge is -2.25. The third kappa shape index (κ3) is 3.34. The molecule has 1 aliphatic heterocycles. The lowest BCUT2D eigenvalue weighted by molar-refractivity contribution is -0.139. The number of carbonyl (C=O) groups is 1. The summed E-state index contributed by atoms with van der Waals surface area (Å²) in [5.74, 6) is -1.25. The molecule has 1 aromatic carbocycles. The number of aromatic hydroxyl groups is 1. The highest BCUT2D eigenvalue weighted by Crippen LogP contribution is 2.49. The quantitative estimate of drug-likeness (QED) is 0.658. The largest absolute Gasteiger partial charge is 0.504 e. The first-order valence-corrected chi connectivity index (χ1v) is 9.09. The van der Waals surface area contributed by atoms with E-state index in [-0.39, 0.29) is 11.9 Å². The van der Waals surface area contributed by atoms with E-state index < -0.39 is 11.6 Å². The Hall–Kier alpha value is -1.82. The highest BCUT2D eigenvalue weighted by Gasteiger charge is 2.41. The Kier molecular flexibility index (Phi) is 5.23. The van der Waals surface area contributed by atoms with Gasteiger partial charge in [0.1, 0.15) is 5.03 Å². The monoisotopic (exact) mass is 349 g/mol. The Morgan fingerprint density at radius 3 is 3.04 bits per heavy atom. The summed E-state index contributed by atoms with van der Waals surface area (Å²) in [6.45, 7) is 2.11. The molecular weight excluding hydrogens is 329 g/mol. The molecule has 2 atom stereocenters. The first-order valence-electron chi connectivity index (χ1n) is 8.21. The van der Waals surface area contributed by atoms with Crippen molar-refractivity contribution in [3.05, 3.63) is 40.2 Å². The molecule has 1 heterocycles. The molecule has 3 rings (SSSR count). The minimum absolute atomic E-state index is 0.177.